The predicted molar refractivity (Wildman–Crippen MR) is 87.8 cm³/mol. The molecule has 0 aliphatic carbocycles. The van der Waals surface area contributed by atoms with Gasteiger partial charge in [-0.1, -0.05) is 13.8 Å². The second kappa shape index (κ2) is 7.99. The highest BCUT2D eigenvalue weighted by molar-refractivity contribution is 5.80. The van der Waals surface area contributed by atoms with Gasteiger partial charge in [0, 0.05) is 39.3 Å². The first kappa shape index (κ1) is 16.6. The van der Waals surface area contributed by atoms with Gasteiger partial charge >= 0.3 is 0 Å². The Kier molecular flexibility index (Phi) is 6.30. The first-order valence-corrected chi connectivity index (χ1v) is 8.50. The molecular formula is C16H32N4O. The van der Waals surface area contributed by atoms with E-state index in [0.29, 0.717) is 5.41 Å². The van der Waals surface area contributed by atoms with Crippen LogP contribution in [0.1, 0.15) is 33.6 Å². The third-order valence-electron chi connectivity index (χ3n) is 4.83. The van der Waals surface area contributed by atoms with E-state index < -0.39 is 0 Å². The van der Waals surface area contributed by atoms with Gasteiger partial charge in [0.1, 0.15) is 0 Å². The zero-order chi connectivity index (χ0) is 15.1. The van der Waals surface area contributed by atoms with Gasteiger partial charge in [-0.25, -0.2) is 0 Å². The van der Waals surface area contributed by atoms with Crippen molar-refractivity contribution in [2.45, 2.75) is 33.6 Å². The first-order chi connectivity index (χ1) is 10.2. The maximum Gasteiger partial charge on any atom is 0.193 e. The Morgan fingerprint density at radius 3 is 2.62 bits per heavy atom. The van der Waals surface area contributed by atoms with Gasteiger partial charge in [-0.3, -0.25) is 9.89 Å². The molecule has 2 heterocycles. The molecule has 1 atom stereocenters. The number of hydrogen-bond donors (Lipinski definition) is 1. The summed E-state index contributed by atoms with van der Waals surface area (Å²) < 4.78 is 5.38. The number of aliphatic imine (C=N–C) groups is 1. The molecule has 0 bridgehead atoms. The Morgan fingerprint density at radius 2 is 2.00 bits per heavy atom. The molecule has 2 fully saturated rings. The fraction of sp³-hybridized carbons (Fsp3) is 0.938. The maximum atomic E-state index is 5.38. The molecule has 5 nitrogen and oxygen atoms in total. The van der Waals surface area contributed by atoms with E-state index in [1.54, 1.807) is 0 Å². The van der Waals surface area contributed by atoms with Gasteiger partial charge in [-0.2, -0.15) is 0 Å². The third-order valence-corrected chi connectivity index (χ3v) is 4.83. The minimum atomic E-state index is 0.459. The summed E-state index contributed by atoms with van der Waals surface area (Å²) in [6.45, 7) is 15.8. The first-order valence-electron chi connectivity index (χ1n) is 8.50. The Hall–Kier alpha value is -0.810. The van der Waals surface area contributed by atoms with E-state index in [0.717, 1.165) is 65.0 Å². The van der Waals surface area contributed by atoms with Gasteiger partial charge in [-0.05, 0) is 25.2 Å². The third kappa shape index (κ3) is 4.85. The van der Waals surface area contributed by atoms with Crippen LogP contribution in [0.25, 0.3) is 0 Å². The molecule has 1 N–H and O–H groups in total. The van der Waals surface area contributed by atoms with Crippen LogP contribution in [0, 0.1) is 5.41 Å². The Bertz CT molecular complexity index is 341. The average molecular weight is 296 g/mol. The second-order valence-electron chi connectivity index (χ2n) is 6.53. The van der Waals surface area contributed by atoms with Crippen molar-refractivity contribution in [3.05, 3.63) is 0 Å². The Labute approximate surface area is 129 Å². The normalized spacial score (nSPS) is 28.1. The lowest BCUT2D eigenvalue weighted by molar-refractivity contribution is 0.0394. The molecule has 0 aromatic carbocycles. The SMILES string of the molecule is CCNC(=NCCN1CCOCC1)N1CCC(C)(CC)C1. The van der Waals surface area contributed by atoms with Crippen molar-refractivity contribution < 1.29 is 4.74 Å². The number of rotatable bonds is 5. The van der Waals surface area contributed by atoms with E-state index >= 15 is 0 Å². The quantitative estimate of drug-likeness (QED) is 0.615. The van der Waals surface area contributed by atoms with Crippen LogP contribution in [0.5, 0.6) is 0 Å². The minimum absolute atomic E-state index is 0.459. The average Bonchev–Trinajstić information content (AvgIpc) is 2.91. The highest BCUT2D eigenvalue weighted by Gasteiger charge is 2.33. The zero-order valence-electron chi connectivity index (χ0n) is 14.0. The maximum absolute atomic E-state index is 5.38. The van der Waals surface area contributed by atoms with E-state index in [-0.39, 0.29) is 0 Å². The molecule has 2 rings (SSSR count). The molecule has 0 radical (unpaired) electrons. The number of morpholine rings is 1. The van der Waals surface area contributed by atoms with Crippen LogP contribution in [0.2, 0.25) is 0 Å². The van der Waals surface area contributed by atoms with E-state index in [9.17, 15) is 0 Å². The predicted octanol–water partition coefficient (Wildman–Crippen LogP) is 1.41. The smallest absolute Gasteiger partial charge is 0.193 e. The lowest BCUT2D eigenvalue weighted by Crippen LogP contribution is -2.42. The molecule has 0 aromatic heterocycles. The molecule has 1 unspecified atom stereocenters. The molecule has 2 saturated heterocycles. The van der Waals surface area contributed by atoms with Crippen LogP contribution >= 0.6 is 0 Å². The van der Waals surface area contributed by atoms with Crippen LogP contribution < -0.4 is 5.32 Å². The summed E-state index contributed by atoms with van der Waals surface area (Å²) in [5.41, 5.74) is 0.459. The van der Waals surface area contributed by atoms with E-state index in [2.05, 4.69) is 35.9 Å². The summed E-state index contributed by atoms with van der Waals surface area (Å²) in [4.78, 5) is 9.72. The van der Waals surface area contributed by atoms with Crippen molar-refractivity contribution >= 4 is 5.96 Å². The van der Waals surface area contributed by atoms with Crippen LogP contribution in [0.4, 0.5) is 0 Å². The molecule has 0 spiro atoms. The molecular weight excluding hydrogens is 264 g/mol. The Morgan fingerprint density at radius 1 is 1.24 bits per heavy atom. The molecule has 2 aliphatic heterocycles. The molecule has 0 aromatic rings. The molecule has 21 heavy (non-hydrogen) atoms. The van der Waals surface area contributed by atoms with Crippen LogP contribution in [0.15, 0.2) is 4.99 Å². The van der Waals surface area contributed by atoms with Crippen molar-refractivity contribution in [1.82, 2.24) is 15.1 Å². The lowest BCUT2D eigenvalue weighted by atomic mass is 9.87. The van der Waals surface area contributed by atoms with Crippen molar-refractivity contribution in [2.75, 3.05) is 59.0 Å². The van der Waals surface area contributed by atoms with Crippen LogP contribution in [-0.2, 0) is 4.74 Å². The summed E-state index contributed by atoms with van der Waals surface area (Å²) >= 11 is 0. The summed E-state index contributed by atoms with van der Waals surface area (Å²) in [5.74, 6) is 1.10. The molecule has 2 aliphatic rings. The van der Waals surface area contributed by atoms with Crippen LogP contribution in [0.3, 0.4) is 0 Å². The van der Waals surface area contributed by atoms with Gasteiger partial charge < -0.3 is 15.0 Å². The standard InChI is InChI=1S/C16H32N4O/c1-4-16(3)6-8-20(14-16)15(17-5-2)18-7-9-19-10-12-21-13-11-19/h4-14H2,1-3H3,(H,17,18). The second-order valence-corrected chi connectivity index (χ2v) is 6.53. The number of ether oxygens (including phenoxy) is 1. The van der Waals surface area contributed by atoms with Crippen LogP contribution in [-0.4, -0.2) is 74.8 Å². The lowest BCUT2D eigenvalue weighted by Gasteiger charge is -2.27. The number of guanidine groups is 1. The van der Waals surface area contributed by atoms with Crippen molar-refractivity contribution in [1.29, 1.82) is 0 Å². The summed E-state index contributed by atoms with van der Waals surface area (Å²) in [6, 6.07) is 0. The van der Waals surface area contributed by atoms with Gasteiger partial charge in [0.05, 0.1) is 19.8 Å². The molecule has 122 valence electrons. The van der Waals surface area contributed by atoms with Gasteiger partial charge in [-0.15, -0.1) is 0 Å². The summed E-state index contributed by atoms with van der Waals surface area (Å²) in [6.07, 6.45) is 2.52. The largest absolute Gasteiger partial charge is 0.379 e. The topological polar surface area (TPSA) is 40.1 Å². The number of nitrogens with zero attached hydrogens (tertiary/aromatic N) is 3. The number of likely N-dealkylation sites (tertiary alicyclic amines) is 1. The minimum Gasteiger partial charge on any atom is -0.379 e. The van der Waals surface area contributed by atoms with Gasteiger partial charge in [0.15, 0.2) is 5.96 Å². The number of nitrogens with one attached hydrogen (secondary N) is 1. The van der Waals surface area contributed by atoms with E-state index in [4.69, 9.17) is 9.73 Å². The highest BCUT2D eigenvalue weighted by atomic mass is 16.5. The fourth-order valence-corrected chi connectivity index (χ4v) is 3.04. The van der Waals surface area contributed by atoms with E-state index in [1.807, 2.05) is 0 Å². The molecule has 0 saturated carbocycles. The molecule has 5 heteroatoms. The van der Waals surface area contributed by atoms with Gasteiger partial charge in [0.25, 0.3) is 0 Å². The summed E-state index contributed by atoms with van der Waals surface area (Å²) in [5, 5.41) is 3.46. The fourth-order valence-electron chi connectivity index (χ4n) is 3.04. The van der Waals surface area contributed by atoms with Gasteiger partial charge in [0.2, 0.25) is 0 Å². The highest BCUT2D eigenvalue weighted by Crippen LogP contribution is 2.32. The Balaban J connectivity index is 1.84. The van der Waals surface area contributed by atoms with Crippen molar-refractivity contribution in [3.8, 4) is 0 Å². The number of hydrogen-bond acceptors (Lipinski definition) is 3. The monoisotopic (exact) mass is 296 g/mol. The summed E-state index contributed by atoms with van der Waals surface area (Å²) in [7, 11) is 0. The van der Waals surface area contributed by atoms with Crippen molar-refractivity contribution in [2.24, 2.45) is 10.4 Å². The van der Waals surface area contributed by atoms with Crippen molar-refractivity contribution in [3.63, 3.8) is 0 Å². The molecule has 0 amide bonds. The zero-order valence-corrected chi connectivity index (χ0v) is 14.0. The van der Waals surface area contributed by atoms with E-state index in [1.165, 1.54) is 12.8 Å².